The lowest BCUT2D eigenvalue weighted by atomic mass is 10.1. The van der Waals surface area contributed by atoms with Crippen LogP contribution in [0.2, 0.25) is 0 Å². The largest absolute Gasteiger partial charge is 0.493 e. The second kappa shape index (κ2) is 11.9. The zero-order chi connectivity index (χ0) is 27.4. The third-order valence-electron chi connectivity index (χ3n) is 6.02. The van der Waals surface area contributed by atoms with E-state index in [-0.39, 0.29) is 23.6 Å². The van der Waals surface area contributed by atoms with Gasteiger partial charge in [-0.1, -0.05) is 41.9 Å². The molecule has 0 bridgehead atoms. The summed E-state index contributed by atoms with van der Waals surface area (Å²) in [5, 5.41) is 14.2. The number of hydrogen-bond acceptors (Lipinski definition) is 6. The Bertz CT molecular complexity index is 1600. The molecule has 0 radical (unpaired) electrons. The lowest BCUT2D eigenvalue weighted by molar-refractivity contribution is 0.0696. The number of halogens is 2. The summed E-state index contributed by atoms with van der Waals surface area (Å²) in [7, 11) is 1.53. The topological polar surface area (TPSA) is 103 Å². The minimum Gasteiger partial charge on any atom is -0.493 e. The molecule has 0 aliphatic carbocycles. The van der Waals surface area contributed by atoms with Gasteiger partial charge in [0.05, 0.1) is 34.3 Å². The van der Waals surface area contributed by atoms with Crippen molar-refractivity contribution in [3.63, 3.8) is 0 Å². The fourth-order valence-electron chi connectivity index (χ4n) is 3.81. The molecule has 1 aromatic heterocycles. The Hall–Kier alpha value is -3.50. The molecule has 4 rings (SSSR count). The minimum atomic E-state index is -1.00. The number of carbonyl (C=O) groups is 1. The second-order valence-corrected chi connectivity index (χ2v) is 10.4. The fraction of sp³-hybridized carbons (Fsp3) is 0.214. The third-order valence-corrected chi connectivity index (χ3v) is 7.10. The van der Waals surface area contributed by atoms with Crippen LogP contribution >= 0.6 is 31.9 Å². The van der Waals surface area contributed by atoms with Crippen LogP contribution in [0.5, 0.6) is 11.5 Å². The first-order valence-electron chi connectivity index (χ1n) is 11.8. The van der Waals surface area contributed by atoms with Gasteiger partial charge >= 0.3 is 5.97 Å². The Morgan fingerprint density at radius 1 is 1.18 bits per heavy atom. The Labute approximate surface area is 236 Å². The van der Waals surface area contributed by atoms with E-state index in [1.54, 1.807) is 42.6 Å². The van der Waals surface area contributed by atoms with Crippen molar-refractivity contribution in [1.82, 2.24) is 9.66 Å². The SMILES string of the molecule is CC[C@@H](C)c1nc2ccc(Br)cc2c(=O)n1N=Cc1cc(Br)c(OCc2cccc(C(=O)O)c2)c(OC)c1. The molecule has 3 aromatic carbocycles. The summed E-state index contributed by atoms with van der Waals surface area (Å²) in [6.07, 6.45) is 2.37. The molecular formula is C28H25Br2N3O5. The van der Waals surface area contributed by atoms with Crippen LogP contribution in [0.1, 0.15) is 53.5 Å². The van der Waals surface area contributed by atoms with Gasteiger partial charge in [0.1, 0.15) is 12.4 Å². The molecular weight excluding hydrogens is 618 g/mol. The van der Waals surface area contributed by atoms with Crippen molar-refractivity contribution in [2.75, 3.05) is 7.11 Å². The van der Waals surface area contributed by atoms with Gasteiger partial charge in [-0.05, 0) is 75.9 Å². The number of carboxylic acids is 1. The lowest BCUT2D eigenvalue weighted by Crippen LogP contribution is -2.23. The number of methoxy groups -OCH3 is 1. The van der Waals surface area contributed by atoms with E-state index in [4.69, 9.17) is 14.5 Å². The minimum absolute atomic E-state index is 0.0181. The number of hydrogen-bond donors (Lipinski definition) is 1. The van der Waals surface area contributed by atoms with Crippen molar-refractivity contribution >= 4 is 54.9 Å². The van der Waals surface area contributed by atoms with Crippen LogP contribution in [0, 0.1) is 0 Å². The smallest absolute Gasteiger partial charge is 0.335 e. The number of nitrogens with zero attached hydrogens (tertiary/aromatic N) is 3. The normalized spacial score (nSPS) is 12.1. The standard InChI is InChI=1S/C28H25Br2N3O5/c1-4-16(2)26-32-23-9-8-20(29)13-21(23)27(34)33(26)31-14-18-11-22(30)25(24(12-18)37-3)38-15-17-6-5-7-19(10-17)28(35)36/h5-14,16H,4,15H2,1-3H3,(H,35,36)/t16-/m1/s1. The van der Waals surface area contributed by atoms with Gasteiger partial charge in [-0.2, -0.15) is 9.78 Å². The van der Waals surface area contributed by atoms with E-state index in [9.17, 15) is 14.7 Å². The molecule has 10 heteroatoms. The zero-order valence-corrected chi connectivity index (χ0v) is 24.1. The van der Waals surface area contributed by atoms with Gasteiger partial charge in [0, 0.05) is 10.4 Å². The van der Waals surface area contributed by atoms with Crippen LogP contribution in [0.15, 0.2) is 73.4 Å². The summed E-state index contributed by atoms with van der Waals surface area (Å²) < 4.78 is 14.3. The van der Waals surface area contributed by atoms with E-state index in [2.05, 4.69) is 37.0 Å². The molecule has 0 spiro atoms. The number of fused-ring (bicyclic) bond motifs is 1. The van der Waals surface area contributed by atoms with Crippen molar-refractivity contribution < 1.29 is 19.4 Å². The van der Waals surface area contributed by atoms with Gasteiger partial charge < -0.3 is 14.6 Å². The number of aromatic nitrogens is 2. The van der Waals surface area contributed by atoms with Crippen molar-refractivity contribution in [2.45, 2.75) is 32.8 Å². The van der Waals surface area contributed by atoms with Crippen LogP contribution in [0.25, 0.3) is 10.9 Å². The highest BCUT2D eigenvalue weighted by Gasteiger charge is 2.16. The predicted molar refractivity (Wildman–Crippen MR) is 154 cm³/mol. The Kier molecular flexibility index (Phi) is 8.63. The van der Waals surface area contributed by atoms with Crippen molar-refractivity contribution in [1.29, 1.82) is 0 Å². The number of aromatic carboxylic acids is 1. The second-order valence-electron chi connectivity index (χ2n) is 8.63. The maximum atomic E-state index is 13.4. The van der Waals surface area contributed by atoms with Gasteiger partial charge in [-0.15, -0.1) is 0 Å². The van der Waals surface area contributed by atoms with Gasteiger partial charge in [-0.3, -0.25) is 4.79 Å². The number of rotatable bonds is 9. The van der Waals surface area contributed by atoms with Gasteiger partial charge in [-0.25, -0.2) is 9.78 Å². The maximum absolute atomic E-state index is 13.4. The molecule has 8 nitrogen and oxygen atoms in total. The van der Waals surface area contributed by atoms with Crippen LogP contribution in [0.4, 0.5) is 0 Å². The van der Waals surface area contributed by atoms with E-state index in [0.29, 0.717) is 43.8 Å². The highest BCUT2D eigenvalue weighted by atomic mass is 79.9. The average molecular weight is 643 g/mol. The molecule has 0 amide bonds. The molecule has 196 valence electrons. The summed E-state index contributed by atoms with van der Waals surface area (Å²) in [6.45, 7) is 4.20. The average Bonchev–Trinajstić information content (AvgIpc) is 2.91. The molecule has 4 aromatic rings. The van der Waals surface area contributed by atoms with E-state index in [1.807, 2.05) is 26.0 Å². The van der Waals surface area contributed by atoms with Crippen LogP contribution in [0.3, 0.4) is 0 Å². The summed E-state index contributed by atoms with van der Waals surface area (Å²) in [5.74, 6) is 0.507. The Balaban J connectivity index is 1.68. The zero-order valence-electron chi connectivity index (χ0n) is 20.9. The van der Waals surface area contributed by atoms with Crippen LogP contribution < -0.4 is 15.0 Å². The van der Waals surface area contributed by atoms with Crippen molar-refractivity contribution in [2.24, 2.45) is 5.10 Å². The predicted octanol–water partition coefficient (Wildman–Crippen LogP) is 6.60. The number of carboxylic acid groups (broad SMARTS) is 1. The molecule has 1 N–H and O–H groups in total. The molecule has 0 fully saturated rings. The summed E-state index contributed by atoms with van der Waals surface area (Å²) in [5.41, 5.74) is 1.94. The van der Waals surface area contributed by atoms with E-state index < -0.39 is 5.97 Å². The molecule has 38 heavy (non-hydrogen) atoms. The molecule has 0 saturated heterocycles. The first kappa shape index (κ1) is 27.5. The van der Waals surface area contributed by atoms with Gasteiger partial charge in [0.25, 0.3) is 5.56 Å². The van der Waals surface area contributed by atoms with Crippen molar-refractivity contribution in [3.8, 4) is 11.5 Å². The highest BCUT2D eigenvalue weighted by molar-refractivity contribution is 9.10. The van der Waals surface area contributed by atoms with E-state index in [1.165, 1.54) is 17.9 Å². The molecule has 0 aliphatic rings. The van der Waals surface area contributed by atoms with Crippen LogP contribution in [-0.4, -0.2) is 34.1 Å². The molecule has 1 heterocycles. The number of benzene rings is 3. The highest BCUT2D eigenvalue weighted by Crippen LogP contribution is 2.37. The lowest BCUT2D eigenvalue weighted by Gasteiger charge is -2.15. The molecule has 0 aliphatic heterocycles. The fourth-order valence-corrected chi connectivity index (χ4v) is 4.74. The molecule has 0 saturated carbocycles. The third kappa shape index (κ3) is 5.97. The molecule has 0 unspecified atom stereocenters. The van der Waals surface area contributed by atoms with E-state index in [0.717, 1.165) is 10.9 Å². The first-order valence-corrected chi connectivity index (χ1v) is 13.4. The summed E-state index contributed by atoms with van der Waals surface area (Å²) in [6, 6.07) is 15.5. The summed E-state index contributed by atoms with van der Waals surface area (Å²) in [4.78, 5) is 29.4. The Morgan fingerprint density at radius 2 is 1.97 bits per heavy atom. The Morgan fingerprint density at radius 3 is 2.68 bits per heavy atom. The van der Waals surface area contributed by atoms with Crippen LogP contribution in [-0.2, 0) is 6.61 Å². The monoisotopic (exact) mass is 641 g/mol. The first-order chi connectivity index (χ1) is 18.2. The maximum Gasteiger partial charge on any atom is 0.335 e. The van der Waals surface area contributed by atoms with E-state index >= 15 is 0 Å². The van der Waals surface area contributed by atoms with Crippen molar-refractivity contribution in [3.05, 3.63) is 96.4 Å². The number of ether oxygens (including phenoxy) is 2. The van der Waals surface area contributed by atoms with Gasteiger partial charge in [0.2, 0.25) is 0 Å². The van der Waals surface area contributed by atoms with Gasteiger partial charge in [0.15, 0.2) is 11.5 Å². The summed E-state index contributed by atoms with van der Waals surface area (Å²) >= 11 is 6.96. The molecule has 1 atom stereocenters. The quantitative estimate of drug-likeness (QED) is 0.206.